The highest BCUT2D eigenvalue weighted by Crippen LogP contribution is 2.39. The van der Waals surface area contributed by atoms with Gasteiger partial charge in [0.25, 0.3) is 0 Å². The number of fused-ring (bicyclic) bond motifs is 1. The minimum Gasteiger partial charge on any atom is -0.486 e. The van der Waals surface area contributed by atoms with Crippen molar-refractivity contribution in [2.75, 3.05) is 26.9 Å². The first kappa shape index (κ1) is 14.0. The quantitative estimate of drug-likeness (QED) is 0.857. The lowest BCUT2D eigenvalue weighted by Crippen LogP contribution is -2.29. The lowest BCUT2D eigenvalue weighted by molar-refractivity contribution is -0.143. The van der Waals surface area contributed by atoms with Crippen LogP contribution in [-0.4, -0.2) is 32.8 Å². The van der Waals surface area contributed by atoms with E-state index in [1.165, 1.54) is 7.11 Å². The third-order valence-corrected chi connectivity index (χ3v) is 3.08. The molecule has 0 saturated heterocycles. The first-order valence-electron chi connectivity index (χ1n) is 6.07. The van der Waals surface area contributed by atoms with Crippen LogP contribution < -0.4 is 14.8 Å². The molecule has 2 rings (SSSR count). The largest absolute Gasteiger partial charge is 0.486 e. The van der Waals surface area contributed by atoms with Gasteiger partial charge in [0.2, 0.25) is 0 Å². The van der Waals surface area contributed by atoms with E-state index < -0.39 is 6.04 Å². The summed E-state index contributed by atoms with van der Waals surface area (Å²) in [5, 5.41) is 3.48. The Morgan fingerprint density at radius 3 is 2.89 bits per heavy atom. The van der Waals surface area contributed by atoms with Gasteiger partial charge in [0.15, 0.2) is 11.5 Å². The second kappa shape index (κ2) is 6.12. The third-order valence-electron chi connectivity index (χ3n) is 2.80. The third kappa shape index (κ3) is 2.93. The summed E-state index contributed by atoms with van der Waals surface area (Å²) < 4.78 is 15.7. The molecular weight excluding hydrogens is 270 g/mol. The van der Waals surface area contributed by atoms with E-state index in [-0.39, 0.29) is 5.97 Å². The van der Waals surface area contributed by atoms with Gasteiger partial charge in [0.05, 0.1) is 12.1 Å². The average molecular weight is 286 g/mol. The van der Waals surface area contributed by atoms with Gasteiger partial charge < -0.3 is 19.5 Å². The molecule has 104 valence electrons. The van der Waals surface area contributed by atoms with Crippen molar-refractivity contribution in [1.29, 1.82) is 0 Å². The van der Waals surface area contributed by atoms with Crippen LogP contribution in [0.1, 0.15) is 18.5 Å². The van der Waals surface area contributed by atoms with Crippen LogP contribution in [0.4, 0.5) is 0 Å². The molecule has 1 aromatic rings. The zero-order valence-electron chi connectivity index (χ0n) is 10.9. The van der Waals surface area contributed by atoms with Crippen molar-refractivity contribution in [2.45, 2.75) is 13.0 Å². The van der Waals surface area contributed by atoms with Crippen molar-refractivity contribution in [2.24, 2.45) is 0 Å². The fourth-order valence-electron chi connectivity index (χ4n) is 1.96. The van der Waals surface area contributed by atoms with Crippen molar-refractivity contribution in [3.05, 3.63) is 22.7 Å². The number of esters is 1. The molecule has 0 bridgehead atoms. The number of benzene rings is 1. The van der Waals surface area contributed by atoms with E-state index in [9.17, 15) is 4.79 Å². The van der Waals surface area contributed by atoms with Crippen molar-refractivity contribution < 1.29 is 19.0 Å². The molecule has 0 amide bonds. The summed E-state index contributed by atoms with van der Waals surface area (Å²) in [6.07, 6.45) is 0. The Labute approximate surface area is 116 Å². The number of hydrogen-bond acceptors (Lipinski definition) is 5. The molecule has 1 aromatic carbocycles. The lowest BCUT2D eigenvalue weighted by atomic mass is 10.1. The predicted octanol–water partition coefficient (Wildman–Crippen LogP) is 1.93. The van der Waals surface area contributed by atoms with E-state index in [2.05, 4.69) is 5.32 Å². The summed E-state index contributed by atoms with van der Waals surface area (Å²) in [7, 11) is 1.35. The smallest absolute Gasteiger partial charge is 0.327 e. The van der Waals surface area contributed by atoms with Crippen LogP contribution in [0.15, 0.2) is 12.1 Å². The van der Waals surface area contributed by atoms with Gasteiger partial charge in [-0.2, -0.15) is 0 Å². The fourth-order valence-corrected chi connectivity index (χ4v) is 2.23. The van der Waals surface area contributed by atoms with E-state index in [1.54, 1.807) is 12.1 Å². The first-order valence-corrected chi connectivity index (χ1v) is 6.45. The van der Waals surface area contributed by atoms with Crippen molar-refractivity contribution in [1.82, 2.24) is 5.32 Å². The maximum Gasteiger partial charge on any atom is 0.327 e. The minimum atomic E-state index is -0.566. The number of halogens is 1. The molecule has 0 saturated carbocycles. The Morgan fingerprint density at radius 2 is 2.21 bits per heavy atom. The summed E-state index contributed by atoms with van der Waals surface area (Å²) in [5.74, 6) is 0.715. The van der Waals surface area contributed by atoms with Gasteiger partial charge in [0.1, 0.15) is 19.3 Å². The van der Waals surface area contributed by atoms with Gasteiger partial charge in [-0.1, -0.05) is 18.5 Å². The SMILES string of the molecule is CCNC(C(=O)OC)c1cc(Cl)c2c(c1)OCCO2. The fraction of sp³-hybridized carbons (Fsp3) is 0.462. The zero-order valence-corrected chi connectivity index (χ0v) is 11.6. The number of hydrogen-bond donors (Lipinski definition) is 1. The maximum atomic E-state index is 11.8. The van der Waals surface area contributed by atoms with E-state index in [1.807, 2.05) is 6.92 Å². The Kier molecular flexibility index (Phi) is 4.50. The number of ether oxygens (including phenoxy) is 3. The molecule has 6 heteroatoms. The highest BCUT2D eigenvalue weighted by Gasteiger charge is 2.24. The molecule has 1 heterocycles. The predicted molar refractivity (Wildman–Crippen MR) is 70.9 cm³/mol. The number of methoxy groups -OCH3 is 1. The standard InChI is InChI=1S/C13H16ClNO4/c1-3-15-11(13(16)17-2)8-6-9(14)12-10(7-8)18-4-5-19-12/h6-7,11,15H,3-5H2,1-2H3. The van der Waals surface area contributed by atoms with Gasteiger partial charge in [0, 0.05) is 0 Å². The molecular formula is C13H16ClNO4. The molecule has 0 fully saturated rings. The molecule has 1 N–H and O–H groups in total. The molecule has 1 aliphatic rings. The van der Waals surface area contributed by atoms with Gasteiger partial charge in [-0.25, -0.2) is 4.79 Å². The topological polar surface area (TPSA) is 56.8 Å². The summed E-state index contributed by atoms with van der Waals surface area (Å²) in [6, 6.07) is 2.88. The molecule has 1 atom stereocenters. The number of rotatable bonds is 4. The van der Waals surface area contributed by atoms with Crippen LogP contribution in [0.2, 0.25) is 5.02 Å². The van der Waals surface area contributed by atoms with Gasteiger partial charge in [-0.3, -0.25) is 0 Å². The van der Waals surface area contributed by atoms with E-state index >= 15 is 0 Å². The Bertz CT molecular complexity index is 478. The number of nitrogens with one attached hydrogen (secondary N) is 1. The molecule has 5 nitrogen and oxygen atoms in total. The molecule has 0 radical (unpaired) electrons. The monoisotopic (exact) mass is 285 g/mol. The number of likely N-dealkylation sites (N-methyl/N-ethyl adjacent to an activating group) is 1. The molecule has 1 aliphatic heterocycles. The normalized spacial score (nSPS) is 14.9. The maximum absolute atomic E-state index is 11.8. The number of carbonyl (C=O) groups is 1. The Balaban J connectivity index is 2.37. The highest BCUT2D eigenvalue weighted by molar-refractivity contribution is 6.32. The van der Waals surface area contributed by atoms with Crippen molar-refractivity contribution >= 4 is 17.6 Å². The van der Waals surface area contributed by atoms with Crippen LogP contribution in [0.5, 0.6) is 11.5 Å². The lowest BCUT2D eigenvalue weighted by Gasteiger charge is -2.22. The van der Waals surface area contributed by atoms with E-state index in [4.69, 9.17) is 25.8 Å². The van der Waals surface area contributed by atoms with Gasteiger partial charge >= 0.3 is 5.97 Å². The summed E-state index contributed by atoms with van der Waals surface area (Å²) >= 11 is 6.15. The van der Waals surface area contributed by atoms with E-state index in [0.29, 0.717) is 41.8 Å². The summed E-state index contributed by atoms with van der Waals surface area (Å²) in [4.78, 5) is 11.8. The van der Waals surface area contributed by atoms with E-state index in [0.717, 1.165) is 0 Å². The molecule has 0 aliphatic carbocycles. The number of carbonyl (C=O) groups excluding carboxylic acids is 1. The summed E-state index contributed by atoms with van der Waals surface area (Å²) in [5.41, 5.74) is 0.697. The Hall–Kier alpha value is -1.46. The summed E-state index contributed by atoms with van der Waals surface area (Å²) in [6.45, 7) is 3.48. The van der Waals surface area contributed by atoms with Crippen LogP contribution in [0, 0.1) is 0 Å². The average Bonchev–Trinajstić information content (AvgIpc) is 2.44. The van der Waals surface area contributed by atoms with Gasteiger partial charge in [-0.15, -0.1) is 0 Å². The second-order valence-electron chi connectivity index (χ2n) is 4.04. The zero-order chi connectivity index (χ0) is 13.8. The van der Waals surface area contributed by atoms with Crippen molar-refractivity contribution in [3.63, 3.8) is 0 Å². The van der Waals surface area contributed by atoms with Gasteiger partial charge in [-0.05, 0) is 24.2 Å². The second-order valence-corrected chi connectivity index (χ2v) is 4.45. The minimum absolute atomic E-state index is 0.366. The van der Waals surface area contributed by atoms with Crippen LogP contribution >= 0.6 is 11.6 Å². The molecule has 0 spiro atoms. The first-order chi connectivity index (χ1) is 9.17. The van der Waals surface area contributed by atoms with Crippen molar-refractivity contribution in [3.8, 4) is 11.5 Å². The molecule has 19 heavy (non-hydrogen) atoms. The molecule has 0 aromatic heterocycles. The molecule has 1 unspecified atom stereocenters. The Morgan fingerprint density at radius 1 is 1.47 bits per heavy atom. The highest BCUT2D eigenvalue weighted by atomic mass is 35.5. The van der Waals surface area contributed by atoms with Crippen LogP contribution in [0.3, 0.4) is 0 Å². The van der Waals surface area contributed by atoms with Crippen LogP contribution in [0.25, 0.3) is 0 Å². The van der Waals surface area contributed by atoms with Crippen LogP contribution in [-0.2, 0) is 9.53 Å².